The molecule has 0 amide bonds. The Hall–Kier alpha value is -0.250. The minimum atomic E-state index is -4.57. The van der Waals surface area contributed by atoms with E-state index in [0.29, 0.717) is 0 Å². The number of ether oxygens (including phenoxy) is 1. The average Bonchev–Trinajstić information content (AvgIpc) is 1.35. The lowest BCUT2D eigenvalue weighted by Crippen LogP contribution is -2.06. The first kappa shape index (κ1) is 5.75. The molecule has 0 saturated carbocycles. The van der Waals surface area contributed by atoms with Gasteiger partial charge in [-0.3, -0.25) is 4.74 Å². The van der Waals surface area contributed by atoms with Crippen LogP contribution in [0.15, 0.2) is 0 Å². The van der Waals surface area contributed by atoms with Gasteiger partial charge in [0.1, 0.15) is 0 Å². The summed E-state index contributed by atoms with van der Waals surface area (Å²) in [5.41, 5.74) is 0. The highest BCUT2D eigenvalue weighted by Gasteiger charge is 2.26. The van der Waals surface area contributed by atoms with Crippen molar-refractivity contribution in [2.24, 2.45) is 0 Å². The summed E-state index contributed by atoms with van der Waals surface area (Å²) in [5, 5.41) is 0. The molecular formula is C2H2F3O. The lowest BCUT2D eigenvalue weighted by atomic mass is 11.3. The van der Waals surface area contributed by atoms with Crippen LogP contribution < -0.4 is 0 Å². The molecule has 0 aromatic carbocycles. The Bertz CT molecular complexity index is 38.5. The van der Waals surface area contributed by atoms with Gasteiger partial charge in [-0.2, -0.15) is 0 Å². The first-order chi connectivity index (χ1) is 2.56. The molecule has 1 nitrogen and oxygen atoms in total. The Morgan fingerprint density at radius 3 is 1.50 bits per heavy atom. The number of halogens is 3. The van der Waals surface area contributed by atoms with Gasteiger partial charge in [0.25, 0.3) is 0 Å². The molecule has 6 heavy (non-hydrogen) atoms. The van der Waals surface area contributed by atoms with Crippen molar-refractivity contribution >= 4 is 0 Å². The Balaban J connectivity index is 3.17. The van der Waals surface area contributed by atoms with Crippen LogP contribution in [0.5, 0.6) is 0 Å². The largest absolute Gasteiger partial charge is 0.522 e. The molecule has 0 heterocycles. The summed E-state index contributed by atoms with van der Waals surface area (Å²) in [6, 6.07) is 0. The van der Waals surface area contributed by atoms with Gasteiger partial charge in [-0.05, 0) is 0 Å². The van der Waals surface area contributed by atoms with Crippen molar-refractivity contribution in [1.29, 1.82) is 0 Å². The van der Waals surface area contributed by atoms with Crippen molar-refractivity contribution < 1.29 is 17.9 Å². The minimum absolute atomic E-state index is 2.13. The molecule has 0 aliphatic heterocycles. The van der Waals surface area contributed by atoms with Crippen LogP contribution in [0.25, 0.3) is 0 Å². The van der Waals surface area contributed by atoms with E-state index < -0.39 is 6.36 Å². The molecule has 0 aromatic heterocycles. The Labute approximate surface area is 32.7 Å². The fraction of sp³-hybridized carbons (Fsp3) is 0.500. The molecule has 0 atom stereocenters. The van der Waals surface area contributed by atoms with Gasteiger partial charge in [0.15, 0.2) is 0 Å². The van der Waals surface area contributed by atoms with Crippen molar-refractivity contribution in [2.75, 3.05) is 0 Å². The molecule has 0 aliphatic rings. The van der Waals surface area contributed by atoms with Crippen molar-refractivity contribution in [1.82, 2.24) is 0 Å². The van der Waals surface area contributed by atoms with Crippen LogP contribution in [-0.2, 0) is 4.74 Å². The zero-order valence-electron chi connectivity index (χ0n) is 2.75. The summed E-state index contributed by atoms with van der Waals surface area (Å²) < 4.78 is 34.2. The topological polar surface area (TPSA) is 9.23 Å². The Morgan fingerprint density at radius 1 is 1.33 bits per heavy atom. The molecule has 0 unspecified atom stereocenters. The third-order valence-electron chi connectivity index (χ3n) is 0.164. The van der Waals surface area contributed by atoms with Crippen molar-refractivity contribution in [3.05, 3.63) is 7.11 Å². The average molecular weight is 99.0 g/mol. The van der Waals surface area contributed by atoms with E-state index in [-0.39, 0.29) is 0 Å². The quantitative estimate of drug-likeness (QED) is 0.445. The van der Waals surface area contributed by atoms with E-state index in [1.165, 1.54) is 0 Å². The van der Waals surface area contributed by atoms with E-state index in [1.54, 1.807) is 0 Å². The molecule has 0 bridgehead atoms. The summed E-state index contributed by atoms with van der Waals surface area (Å²) in [4.78, 5) is 0. The minimum Gasteiger partial charge on any atom is -0.289 e. The van der Waals surface area contributed by atoms with Crippen molar-refractivity contribution in [3.8, 4) is 0 Å². The van der Waals surface area contributed by atoms with Crippen molar-refractivity contribution in [2.45, 2.75) is 6.36 Å². The van der Waals surface area contributed by atoms with E-state index in [2.05, 4.69) is 11.8 Å². The molecule has 0 N–H and O–H groups in total. The van der Waals surface area contributed by atoms with Crippen molar-refractivity contribution in [3.63, 3.8) is 0 Å². The van der Waals surface area contributed by atoms with Crippen LogP contribution in [0.2, 0.25) is 0 Å². The van der Waals surface area contributed by atoms with Crippen LogP contribution in [0.4, 0.5) is 13.2 Å². The van der Waals surface area contributed by atoms with Crippen LogP contribution in [-0.4, -0.2) is 6.36 Å². The van der Waals surface area contributed by atoms with Gasteiger partial charge in [-0.15, -0.1) is 13.2 Å². The van der Waals surface area contributed by atoms with Gasteiger partial charge < -0.3 is 0 Å². The summed E-state index contributed by atoms with van der Waals surface area (Å²) in [6.07, 6.45) is -4.57. The van der Waals surface area contributed by atoms with E-state index in [4.69, 9.17) is 0 Å². The van der Waals surface area contributed by atoms with E-state index in [1.807, 2.05) is 0 Å². The summed E-state index contributed by atoms with van der Waals surface area (Å²) in [6.45, 7) is 0. The Kier molecular flexibility index (Phi) is 1.40. The molecule has 0 fully saturated rings. The first-order valence-electron chi connectivity index (χ1n) is 1.06. The second-order valence-electron chi connectivity index (χ2n) is 0.590. The number of hydrogen-bond acceptors (Lipinski definition) is 1. The fourth-order valence-corrected chi connectivity index (χ4v) is 0. The third kappa shape index (κ3) is 3.75. The Morgan fingerprint density at radius 2 is 1.50 bits per heavy atom. The molecule has 0 rings (SSSR count). The normalized spacial score (nSPS) is 12.0. The molecule has 1 radical (unpaired) electrons. The summed E-state index contributed by atoms with van der Waals surface area (Å²) in [5.74, 6) is 0. The molecule has 0 saturated heterocycles. The van der Waals surface area contributed by atoms with Gasteiger partial charge >= 0.3 is 6.36 Å². The zero-order chi connectivity index (χ0) is 5.21. The molecule has 0 aromatic rings. The maximum absolute atomic E-state index is 10.5. The smallest absolute Gasteiger partial charge is 0.289 e. The number of alkyl halides is 3. The maximum atomic E-state index is 10.5. The molecular weight excluding hydrogens is 97.0 g/mol. The predicted octanol–water partition coefficient (Wildman–Crippen LogP) is 1.31. The standard InChI is InChI=1S/C2H2F3O/c1-6-2(3,4)5/h1H2. The van der Waals surface area contributed by atoms with Gasteiger partial charge in [-0.25, -0.2) is 0 Å². The summed E-state index contributed by atoms with van der Waals surface area (Å²) in [7, 11) is 2.13. The lowest BCUT2D eigenvalue weighted by molar-refractivity contribution is -0.300. The predicted molar refractivity (Wildman–Crippen MR) is 12.5 cm³/mol. The van der Waals surface area contributed by atoms with E-state index in [9.17, 15) is 13.2 Å². The highest BCUT2D eigenvalue weighted by molar-refractivity contribution is 4.19. The van der Waals surface area contributed by atoms with E-state index >= 15 is 0 Å². The first-order valence-corrected chi connectivity index (χ1v) is 1.06. The molecule has 0 aliphatic carbocycles. The van der Waals surface area contributed by atoms with Gasteiger partial charge in [0, 0.05) is 0 Å². The zero-order valence-corrected chi connectivity index (χ0v) is 2.75. The molecule has 0 spiro atoms. The summed E-state index contributed by atoms with van der Waals surface area (Å²) >= 11 is 0. The maximum Gasteiger partial charge on any atom is 0.522 e. The van der Waals surface area contributed by atoms with Gasteiger partial charge in [0.05, 0.1) is 7.11 Å². The number of hydrogen-bond donors (Lipinski definition) is 0. The second kappa shape index (κ2) is 1.47. The monoisotopic (exact) mass is 99.0 g/mol. The number of rotatable bonds is 0. The lowest BCUT2D eigenvalue weighted by Gasteiger charge is -1.96. The van der Waals surface area contributed by atoms with Crippen LogP contribution in [0.3, 0.4) is 0 Å². The highest BCUT2D eigenvalue weighted by Crippen LogP contribution is 2.13. The molecule has 37 valence electrons. The van der Waals surface area contributed by atoms with Crippen LogP contribution in [0, 0.1) is 7.11 Å². The molecule has 4 heteroatoms. The van der Waals surface area contributed by atoms with Gasteiger partial charge in [0.2, 0.25) is 0 Å². The fourth-order valence-electron chi connectivity index (χ4n) is 0. The second-order valence-corrected chi connectivity index (χ2v) is 0.590. The highest BCUT2D eigenvalue weighted by atomic mass is 19.4. The van der Waals surface area contributed by atoms with Crippen LogP contribution in [0.1, 0.15) is 0 Å². The van der Waals surface area contributed by atoms with Crippen LogP contribution >= 0.6 is 0 Å². The SMILES string of the molecule is [CH2]OC(F)(F)F. The van der Waals surface area contributed by atoms with E-state index in [0.717, 1.165) is 0 Å². The van der Waals surface area contributed by atoms with Gasteiger partial charge in [-0.1, -0.05) is 0 Å². The third-order valence-corrected chi connectivity index (χ3v) is 0.164.